The summed E-state index contributed by atoms with van der Waals surface area (Å²) in [5, 5.41) is 8.85. The van der Waals surface area contributed by atoms with E-state index < -0.39 is 0 Å². The van der Waals surface area contributed by atoms with Crippen LogP contribution in [0.1, 0.15) is 43.4 Å². The number of benzene rings is 1. The first-order chi connectivity index (χ1) is 11.7. The Morgan fingerprint density at radius 3 is 2.83 bits per heavy atom. The molecule has 24 heavy (non-hydrogen) atoms. The number of fused-ring (bicyclic) bond motifs is 1. The first-order valence-corrected chi connectivity index (χ1v) is 9.28. The molecule has 130 valence electrons. The van der Waals surface area contributed by atoms with Crippen molar-refractivity contribution in [2.45, 2.75) is 51.5 Å². The molecule has 5 heteroatoms. The van der Waals surface area contributed by atoms with Crippen molar-refractivity contribution in [1.29, 1.82) is 0 Å². The molecule has 1 heterocycles. The average molecular weight is 346 g/mol. The number of aromatic amines is 1. The molecule has 1 aromatic carbocycles. The molecule has 3 N–H and O–H groups in total. The molecule has 2 aromatic rings. The third kappa shape index (κ3) is 4.01. The van der Waals surface area contributed by atoms with Crippen molar-refractivity contribution in [2.75, 3.05) is 13.7 Å². The molecule has 0 saturated heterocycles. The summed E-state index contributed by atoms with van der Waals surface area (Å²) in [6.07, 6.45) is 7.41. The Balaban J connectivity index is 1.57. The van der Waals surface area contributed by atoms with Crippen molar-refractivity contribution in [3.05, 3.63) is 29.5 Å². The highest BCUT2D eigenvalue weighted by atomic mass is 32.1. The minimum absolute atomic E-state index is 0.554. The molecule has 3 rings (SSSR count). The van der Waals surface area contributed by atoms with Gasteiger partial charge in [0.1, 0.15) is 5.75 Å². The second-order valence-electron chi connectivity index (χ2n) is 6.63. The summed E-state index contributed by atoms with van der Waals surface area (Å²) in [6.45, 7) is 2.96. The van der Waals surface area contributed by atoms with Gasteiger partial charge in [-0.15, -0.1) is 0 Å². The smallest absolute Gasteiger partial charge is 0.166 e. The summed E-state index contributed by atoms with van der Waals surface area (Å²) in [5.74, 6) is 0.894. The van der Waals surface area contributed by atoms with E-state index in [0.29, 0.717) is 6.04 Å². The second kappa shape index (κ2) is 7.88. The van der Waals surface area contributed by atoms with Crippen LogP contribution in [0.3, 0.4) is 0 Å². The predicted molar refractivity (Wildman–Crippen MR) is 104 cm³/mol. The van der Waals surface area contributed by atoms with Crippen LogP contribution in [0.5, 0.6) is 5.75 Å². The number of hydrogen-bond donors (Lipinski definition) is 3. The zero-order valence-electron chi connectivity index (χ0n) is 14.6. The zero-order chi connectivity index (χ0) is 16.9. The molecular weight excluding hydrogens is 318 g/mol. The number of nitrogens with one attached hydrogen (secondary N) is 3. The molecule has 0 amide bonds. The van der Waals surface area contributed by atoms with E-state index in [-0.39, 0.29) is 0 Å². The Hall–Kier alpha value is -1.75. The molecule has 1 fully saturated rings. The van der Waals surface area contributed by atoms with Gasteiger partial charge in [0.25, 0.3) is 0 Å². The van der Waals surface area contributed by atoms with E-state index >= 15 is 0 Å². The lowest BCUT2D eigenvalue weighted by atomic mass is 9.96. The number of H-pyrrole nitrogens is 1. The standard InChI is InChI=1S/C19H27N3OS/c1-13-16(17-12-15(23-2)8-9-18(17)21-13)10-11-20-19(24)22-14-6-4-3-5-7-14/h8-9,12,14,21H,3-7,10-11H2,1-2H3,(H2,20,22,24). The van der Waals surface area contributed by atoms with Gasteiger partial charge < -0.3 is 20.4 Å². The summed E-state index contributed by atoms with van der Waals surface area (Å²) in [5.41, 5.74) is 3.70. The van der Waals surface area contributed by atoms with Gasteiger partial charge in [-0.3, -0.25) is 0 Å². The highest BCUT2D eigenvalue weighted by Gasteiger charge is 2.14. The quantitative estimate of drug-likeness (QED) is 0.721. The van der Waals surface area contributed by atoms with E-state index in [1.54, 1.807) is 7.11 Å². The lowest BCUT2D eigenvalue weighted by Crippen LogP contribution is -2.43. The Labute approximate surface area is 149 Å². The molecule has 1 aromatic heterocycles. The van der Waals surface area contributed by atoms with Crippen LogP contribution in [0.4, 0.5) is 0 Å². The largest absolute Gasteiger partial charge is 0.497 e. The van der Waals surface area contributed by atoms with Crippen LogP contribution in [0.2, 0.25) is 0 Å². The van der Waals surface area contributed by atoms with Gasteiger partial charge in [0.2, 0.25) is 0 Å². The van der Waals surface area contributed by atoms with Crippen LogP contribution >= 0.6 is 12.2 Å². The summed E-state index contributed by atoms with van der Waals surface area (Å²) in [7, 11) is 1.71. The molecule has 0 spiro atoms. The van der Waals surface area contributed by atoms with Crippen LogP contribution in [0.15, 0.2) is 18.2 Å². The molecule has 1 aliphatic carbocycles. The number of ether oxygens (including phenoxy) is 1. The van der Waals surface area contributed by atoms with Crippen LogP contribution in [0.25, 0.3) is 10.9 Å². The number of hydrogen-bond acceptors (Lipinski definition) is 2. The fourth-order valence-electron chi connectivity index (χ4n) is 3.60. The van der Waals surface area contributed by atoms with Crippen molar-refractivity contribution >= 4 is 28.2 Å². The maximum atomic E-state index is 5.45. The topological polar surface area (TPSA) is 49.1 Å². The molecule has 0 atom stereocenters. The summed E-state index contributed by atoms with van der Waals surface area (Å²) >= 11 is 5.45. The fraction of sp³-hybridized carbons (Fsp3) is 0.526. The van der Waals surface area contributed by atoms with Gasteiger partial charge in [-0.25, -0.2) is 0 Å². The van der Waals surface area contributed by atoms with Gasteiger partial charge in [0, 0.05) is 29.2 Å². The zero-order valence-corrected chi connectivity index (χ0v) is 15.4. The van der Waals surface area contributed by atoms with Crippen LogP contribution < -0.4 is 15.4 Å². The average Bonchev–Trinajstić information content (AvgIpc) is 2.90. The highest BCUT2D eigenvalue weighted by molar-refractivity contribution is 7.80. The summed E-state index contributed by atoms with van der Waals surface area (Å²) in [6, 6.07) is 6.72. The molecule has 4 nitrogen and oxygen atoms in total. The van der Waals surface area contributed by atoms with Gasteiger partial charge in [-0.05, 0) is 62.2 Å². The van der Waals surface area contributed by atoms with Gasteiger partial charge in [0.15, 0.2) is 5.11 Å². The maximum Gasteiger partial charge on any atom is 0.166 e. The van der Waals surface area contributed by atoms with E-state index in [4.69, 9.17) is 17.0 Å². The summed E-state index contributed by atoms with van der Waals surface area (Å²) in [4.78, 5) is 3.45. The molecule has 1 saturated carbocycles. The summed E-state index contributed by atoms with van der Waals surface area (Å²) < 4.78 is 5.35. The molecule has 0 unspecified atom stereocenters. The normalized spacial score (nSPS) is 15.4. The van der Waals surface area contributed by atoms with Crippen molar-refractivity contribution in [3.8, 4) is 5.75 Å². The first kappa shape index (κ1) is 17.1. The third-order valence-electron chi connectivity index (χ3n) is 4.93. The lowest BCUT2D eigenvalue weighted by molar-refractivity contribution is 0.412. The molecule has 0 aliphatic heterocycles. The molecule has 0 bridgehead atoms. The number of aromatic nitrogens is 1. The van der Waals surface area contributed by atoms with E-state index in [1.807, 2.05) is 6.07 Å². The Bertz CT molecular complexity index is 704. The van der Waals surface area contributed by atoms with E-state index in [0.717, 1.165) is 29.3 Å². The number of methoxy groups -OCH3 is 1. The monoisotopic (exact) mass is 345 g/mol. The van der Waals surface area contributed by atoms with Gasteiger partial charge in [-0.2, -0.15) is 0 Å². The predicted octanol–water partition coefficient (Wildman–Crippen LogP) is 3.82. The minimum atomic E-state index is 0.554. The highest BCUT2D eigenvalue weighted by Crippen LogP contribution is 2.26. The van der Waals surface area contributed by atoms with Crippen LogP contribution in [-0.2, 0) is 6.42 Å². The Morgan fingerprint density at radius 1 is 1.29 bits per heavy atom. The van der Waals surface area contributed by atoms with E-state index in [9.17, 15) is 0 Å². The fourth-order valence-corrected chi connectivity index (χ4v) is 3.86. The van der Waals surface area contributed by atoms with Gasteiger partial charge >= 0.3 is 0 Å². The Kier molecular flexibility index (Phi) is 5.61. The number of thiocarbonyl (C=S) groups is 1. The van der Waals surface area contributed by atoms with E-state index in [2.05, 4.69) is 34.7 Å². The Morgan fingerprint density at radius 2 is 2.08 bits per heavy atom. The van der Waals surface area contributed by atoms with Crippen LogP contribution in [-0.4, -0.2) is 29.8 Å². The van der Waals surface area contributed by atoms with Gasteiger partial charge in [0.05, 0.1) is 7.11 Å². The lowest BCUT2D eigenvalue weighted by Gasteiger charge is -2.24. The van der Waals surface area contributed by atoms with Crippen molar-refractivity contribution in [2.24, 2.45) is 0 Å². The van der Waals surface area contributed by atoms with E-state index in [1.165, 1.54) is 48.7 Å². The van der Waals surface area contributed by atoms with Crippen molar-refractivity contribution < 1.29 is 4.74 Å². The maximum absolute atomic E-state index is 5.45. The first-order valence-electron chi connectivity index (χ1n) is 8.87. The van der Waals surface area contributed by atoms with Gasteiger partial charge in [-0.1, -0.05) is 19.3 Å². The molecule has 1 aliphatic rings. The molecular formula is C19H27N3OS. The SMILES string of the molecule is COc1ccc2[nH]c(C)c(CCNC(=S)NC3CCCCC3)c2c1. The van der Waals surface area contributed by atoms with Crippen molar-refractivity contribution in [1.82, 2.24) is 15.6 Å². The van der Waals surface area contributed by atoms with Crippen molar-refractivity contribution in [3.63, 3.8) is 0 Å². The van der Waals surface area contributed by atoms with Crippen LogP contribution in [0, 0.1) is 6.92 Å². The number of rotatable bonds is 5. The molecule has 0 radical (unpaired) electrons. The minimum Gasteiger partial charge on any atom is -0.497 e. The third-order valence-corrected chi connectivity index (χ3v) is 5.19. The number of aryl methyl sites for hydroxylation is 1. The second-order valence-corrected chi connectivity index (χ2v) is 7.03.